The molecule has 0 bridgehead atoms. The monoisotopic (exact) mass is 527 g/mol. The second-order valence-electron chi connectivity index (χ2n) is 8.49. The van der Waals surface area contributed by atoms with Crippen LogP contribution in [0.25, 0.3) is 0 Å². The van der Waals surface area contributed by atoms with Crippen molar-refractivity contribution in [3.05, 3.63) is 112 Å². The number of carbonyl (C=O) groups is 1. The number of ether oxygens (including phenoxy) is 1. The first-order valence-corrected chi connectivity index (χ1v) is 13.0. The minimum atomic E-state index is -1.16. The van der Waals surface area contributed by atoms with Gasteiger partial charge in [-0.25, -0.2) is 14.8 Å². The van der Waals surface area contributed by atoms with Gasteiger partial charge in [0.25, 0.3) is 5.69 Å². The molecule has 38 heavy (non-hydrogen) atoms. The summed E-state index contributed by atoms with van der Waals surface area (Å²) in [4.78, 5) is 22.8. The Kier molecular flexibility index (Phi) is 6.97. The van der Waals surface area contributed by atoms with Gasteiger partial charge < -0.3 is 4.74 Å². The van der Waals surface area contributed by atoms with Gasteiger partial charge in [0.2, 0.25) is 10.0 Å². The van der Waals surface area contributed by atoms with Crippen molar-refractivity contribution in [2.24, 2.45) is 10.2 Å². The predicted octanol–water partition coefficient (Wildman–Crippen LogP) is 5.72. The highest BCUT2D eigenvalue weighted by atomic mass is 32.2. The number of nitrogens with zero attached hydrogens (tertiary/aromatic N) is 5. The zero-order valence-corrected chi connectivity index (χ0v) is 21.7. The highest BCUT2D eigenvalue weighted by molar-refractivity contribution is 8.17. The third-order valence-electron chi connectivity index (χ3n) is 6.10. The van der Waals surface area contributed by atoms with Crippen LogP contribution in [-0.4, -0.2) is 33.2 Å². The third-order valence-corrected chi connectivity index (χ3v) is 7.33. The van der Waals surface area contributed by atoms with Crippen LogP contribution in [0.1, 0.15) is 25.0 Å². The molecule has 0 aliphatic carbocycles. The van der Waals surface area contributed by atoms with Crippen molar-refractivity contribution in [2.45, 2.75) is 25.3 Å². The minimum Gasteiger partial charge on any atom is -0.461 e. The maximum absolute atomic E-state index is 12.8. The average molecular weight is 528 g/mol. The SMILES string of the molecule is CCOC(=O)C1=NN(c2cccc([N+](=O)[O-])c2)C2(C=CC(c3ccc(CC)cc3)=NN2c2ccccc2)S1. The van der Waals surface area contributed by atoms with Gasteiger partial charge in [0.1, 0.15) is 0 Å². The fourth-order valence-corrected chi connectivity index (χ4v) is 5.36. The Hall–Kier alpha value is -4.44. The molecule has 5 rings (SSSR count). The normalized spacial score (nSPS) is 18.4. The van der Waals surface area contributed by atoms with E-state index < -0.39 is 15.9 Å². The summed E-state index contributed by atoms with van der Waals surface area (Å²) in [6.07, 6.45) is 4.74. The molecule has 2 aliphatic heterocycles. The predicted molar refractivity (Wildman–Crippen MR) is 150 cm³/mol. The molecule has 1 atom stereocenters. The van der Waals surface area contributed by atoms with Crippen molar-refractivity contribution >= 4 is 45.5 Å². The van der Waals surface area contributed by atoms with E-state index in [9.17, 15) is 14.9 Å². The van der Waals surface area contributed by atoms with Gasteiger partial charge in [-0.2, -0.15) is 10.2 Å². The Labute approximate surface area is 224 Å². The highest BCUT2D eigenvalue weighted by Crippen LogP contribution is 2.48. The van der Waals surface area contributed by atoms with E-state index in [0.29, 0.717) is 5.69 Å². The number of allylic oxidation sites excluding steroid dienone is 1. The summed E-state index contributed by atoms with van der Waals surface area (Å²) < 4.78 is 5.26. The first-order chi connectivity index (χ1) is 18.4. The van der Waals surface area contributed by atoms with Crippen LogP contribution in [0.15, 0.2) is 101 Å². The summed E-state index contributed by atoms with van der Waals surface area (Å²) >= 11 is 1.17. The molecule has 3 aromatic rings. The number of aryl methyl sites for hydroxylation is 1. The topological polar surface area (TPSA) is 101 Å². The van der Waals surface area contributed by atoms with Gasteiger partial charge >= 0.3 is 5.97 Å². The highest BCUT2D eigenvalue weighted by Gasteiger charge is 2.52. The van der Waals surface area contributed by atoms with Crippen LogP contribution in [0.2, 0.25) is 0 Å². The minimum absolute atomic E-state index is 0.0892. The number of nitro benzene ring substituents is 1. The van der Waals surface area contributed by atoms with E-state index in [2.05, 4.69) is 24.2 Å². The van der Waals surface area contributed by atoms with E-state index in [4.69, 9.17) is 9.84 Å². The van der Waals surface area contributed by atoms with E-state index >= 15 is 0 Å². The van der Waals surface area contributed by atoms with Crippen molar-refractivity contribution in [2.75, 3.05) is 16.6 Å². The molecule has 1 spiro atoms. The van der Waals surface area contributed by atoms with Gasteiger partial charge in [-0.3, -0.25) is 10.1 Å². The molecule has 0 fully saturated rings. The molecule has 0 aromatic heterocycles. The Morgan fingerprint density at radius 3 is 2.37 bits per heavy atom. The maximum Gasteiger partial charge on any atom is 0.365 e. The van der Waals surface area contributed by atoms with Gasteiger partial charge in [-0.15, -0.1) is 0 Å². The third kappa shape index (κ3) is 4.66. The van der Waals surface area contributed by atoms with Crippen molar-refractivity contribution in [3.8, 4) is 0 Å². The molecule has 2 aliphatic rings. The molecular formula is C28H25N5O4S. The number of anilines is 2. The van der Waals surface area contributed by atoms with Crippen molar-refractivity contribution in [1.82, 2.24) is 0 Å². The van der Waals surface area contributed by atoms with Gasteiger partial charge in [0.05, 0.1) is 28.6 Å². The molecular weight excluding hydrogens is 502 g/mol. The largest absolute Gasteiger partial charge is 0.461 e. The van der Waals surface area contributed by atoms with E-state index in [1.165, 1.54) is 29.5 Å². The molecule has 9 nitrogen and oxygen atoms in total. The second kappa shape index (κ2) is 10.5. The number of hydrogen-bond acceptors (Lipinski definition) is 9. The number of non-ortho nitro benzene ring substituents is 1. The quantitative estimate of drug-likeness (QED) is 0.220. The number of benzene rings is 3. The summed E-state index contributed by atoms with van der Waals surface area (Å²) in [5, 5.41) is 24.7. The number of thioether (sulfide) groups is 1. The molecule has 3 aromatic carbocycles. The zero-order valence-electron chi connectivity index (χ0n) is 20.9. The lowest BCUT2D eigenvalue weighted by molar-refractivity contribution is -0.384. The average Bonchev–Trinajstić information content (AvgIpc) is 3.34. The van der Waals surface area contributed by atoms with E-state index in [0.717, 1.165) is 23.4 Å². The molecule has 1 unspecified atom stereocenters. The standard InChI is InChI=1S/C28H25N5O4S/c1-3-20-13-15-21(16-14-20)25-17-18-28(31(29-25)22-9-6-5-7-10-22)32(30-26(38-28)27(34)37-4-2)23-11-8-12-24(19-23)33(35)36/h5-19H,3-4H2,1-2H3. The summed E-state index contributed by atoms with van der Waals surface area (Å²) in [7, 11) is 0. The number of carbonyl (C=O) groups excluding carboxylic acids is 1. The molecule has 0 amide bonds. The molecule has 0 radical (unpaired) electrons. The lowest BCUT2D eigenvalue weighted by Crippen LogP contribution is -2.53. The van der Waals surface area contributed by atoms with Crippen LogP contribution in [0.4, 0.5) is 17.1 Å². The lowest BCUT2D eigenvalue weighted by atomic mass is 10.0. The fourth-order valence-electron chi connectivity index (χ4n) is 4.21. The Balaban J connectivity index is 1.66. The van der Waals surface area contributed by atoms with E-state index in [-0.39, 0.29) is 17.3 Å². The van der Waals surface area contributed by atoms with E-state index in [1.807, 2.05) is 54.6 Å². The van der Waals surface area contributed by atoms with Gasteiger partial charge in [-0.1, -0.05) is 55.5 Å². The number of hydrazone groups is 2. The van der Waals surface area contributed by atoms with Crippen LogP contribution in [0.3, 0.4) is 0 Å². The molecule has 0 saturated carbocycles. The fraction of sp³-hybridized carbons (Fsp3) is 0.179. The Bertz CT molecular complexity index is 1460. The zero-order chi connectivity index (χ0) is 26.7. The number of para-hydroxylation sites is 1. The first kappa shape index (κ1) is 25.2. The van der Waals surface area contributed by atoms with Gasteiger partial charge in [0.15, 0.2) is 0 Å². The summed E-state index contributed by atoms with van der Waals surface area (Å²) in [6, 6.07) is 23.9. The lowest BCUT2D eigenvalue weighted by Gasteiger charge is -2.43. The summed E-state index contributed by atoms with van der Waals surface area (Å²) in [5.74, 6) is -0.573. The number of rotatable bonds is 7. The first-order valence-electron chi connectivity index (χ1n) is 12.2. The Morgan fingerprint density at radius 2 is 1.68 bits per heavy atom. The van der Waals surface area contributed by atoms with Crippen LogP contribution in [-0.2, 0) is 16.0 Å². The van der Waals surface area contributed by atoms with Crippen LogP contribution < -0.4 is 10.0 Å². The van der Waals surface area contributed by atoms with Crippen LogP contribution >= 0.6 is 11.8 Å². The number of nitro groups is 1. The second-order valence-corrected chi connectivity index (χ2v) is 9.68. The van der Waals surface area contributed by atoms with Crippen molar-refractivity contribution in [3.63, 3.8) is 0 Å². The summed E-state index contributed by atoms with van der Waals surface area (Å²) in [5.41, 5.74) is 3.98. The maximum atomic E-state index is 12.8. The molecule has 2 heterocycles. The molecule has 0 saturated heterocycles. The van der Waals surface area contributed by atoms with Crippen LogP contribution in [0.5, 0.6) is 0 Å². The van der Waals surface area contributed by atoms with Crippen molar-refractivity contribution < 1.29 is 14.5 Å². The van der Waals surface area contributed by atoms with Crippen molar-refractivity contribution in [1.29, 1.82) is 0 Å². The summed E-state index contributed by atoms with van der Waals surface area (Å²) in [6.45, 7) is 4.02. The number of hydrogen-bond donors (Lipinski definition) is 0. The Morgan fingerprint density at radius 1 is 0.974 bits per heavy atom. The molecule has 0 N–H and O–H groups in total. The molecule has 192 valence electrons. The molecule has 10 heteroatoms. The van der Waals surface area contributed by atoms with E-state index in [1.54, 1.807) is 29.1 Å². The van der Waals surface area contributed by atoms with Gasteiger partial charge in [0, 0.05) is 17.7 Å². The van der Waals surface area contributed by atoms with Gasteiger partial charge in [-0.05, 0) is 61.0 Å². The number of esters is 1. The van der Waals surface area contributed by atoms with Crippen LogP contribution in [0, 0.1) is 10.1 Å². The smallest absolute Gasteiger partial charge is 0.365 e.